The summed E-state index contributed by atoms with van der Waals surface area (Å²) in [7, 11) is 0. The third-order valence-corrected chi connectivity index (χ3v) is 3.38. The third kappa shape index (κ3) is 3.73. The number of hydrogen-bond acceptors (Lipinski definition) is 4. The maximum absolute atomic E-state index is 12.2. The van der Waals surface area contributed by atoms with Crippen LogP contribution < -0.4 is 4.74 Å². The lowest BCUT2D eigenvalue weighted by molar-refractivity contribution is -0.274. The van der Waals surface area contributed by atoms with Crippen LogP contribution in [0.3, 0.4) is 0 Å². The first-order chi connectivity index (χ1) is 11.4. The number of hydrogen-bond donors (Lipinski definition) is 0. The molecule has 0 unspecified atom stereocenters. The maximum Gasteiger partial charge on any atom is 0.573 e. The van der Waals surface area contributed by atoms with Gasteiger partial charge in [0.15, 0.2) is 0 Å². The average Bonchev–Trinajstić information content (AvgIpc) is 3.04. The van der Waals surface area contributed by atoms with Gasteiger partial charge in [0.1, 0.15) is 11.4 Å². The minimum atomic E-state index is -4.74. The van der Waals surface area contributed by atoms with Gasteiger partial charge in [-0.05, 0) is 30.7 Å². The van der Waals surface area contributed by atoms with E-state index in [0.29, 0.717) is 24.3 Å². The molecule has 0 saturated heterocycles. The molecule has 0 aliphatic carbocycles. The predicted octanol–water partition coefficient (Wildman–Crippen LogP) is 3.07. The molecule has 3 rings (SSSR count). The summed E-state index contributed by atoms with van der Waals surface area (Å²) in [5, 5.41) is 8.02. The van der Waals surface area contributed by atoms with Gasteiger partial charge in [-0.1, -0.05) is 16.9 Å². The second kappa shape index (κ2) is 6.34. The molecule has 0 atom stereocenters. The summed E-state index contributed by atoms with van der Waals surface area (Å²) in [5.74, 6) is -0.324. The van der Waals surface area contributed by atoms with Crippen molar-refractivity contribution in [2.75, 3.05) is 13.1 Å². The monoisotopic (exact) mass is 338 g/mol. The van der Waals surface area contributed by atoms with Crippen LogP contribution in [0, 0.1) is 0 Å². The molecular weight excluding hydrogens is 325 g/mol. The number of amides is 1. The Morgan fingerprint density at radius 1 is 1.17 bits per heavy atom. The summed E-state index contributed by atoms with van der Waals surface area (Å²) >= 11 is 0. The highest BCUT2D eigenvalue weighted by Crippen LogP contribution is 2.25. The van der Waals surface area contributed by atoms with Gasteiger partial charge >= 0.3 is 12.4 Å². The summed E-state index contributed by atoms with van der Waals surface area (Å²) in [6.07, 6.45) is 1.32. The van der Waals surface area contributed by atoms with Gasteiger partial charge < -0.3 is 9.64 Å². The van der Waals surface area contributed by atoms with E-state index in [2.05, 4.69) is 14.9 Å². The van der Waals surface area contributed by atoms with E-state index in [-0.39, 0.29) is 11.8 Å². The van der Waals surface area contributed by atoms with E-state index in [1.807, 2.05) is 12.2 Å². The second-order valence-corrected chi connectivity index (χ2v) is 5.08. The van der Waals surface area contributed by atoms with Gasteiger partial charge in [-0.15, -0.1) is 18.3 Å². The second-order valence-electron chi connectivity index (χ2n) is 5.08. The fourth-order valence-electron chi connectivity index (χ4n) is 2.26. The molecule has 0 fully saturated rings. The van der Waals surface area contributed by atoms with Gasteiger partial charge in [0.25, 0.3) is 0 Å². The van der Waals surface area contributed by atoms with Crippen LogP contribution in [0.4, 0.5) is 18.0 Å². The molecule has 0 saturated carbocycles. The Bertz CT molecular complexity index is 753. The molecule has 1 amide bonds. The molecule has 9 heteroatoms. The van der Waals surface area contributed by atoms with Crippen molar-refractivity contribution in [2.45, 2.75) is 12.8 Å². The van der Waals surface area contributed by atoms with Crippen molar-refractivity contribution in [3.63, 3.8) is 0 Å². The average molecular weight is 338 g/mol. The van der Waals surface area contributed by atoms with Crippen LogP contribution in [0.2, 0.25) is 0 Å². The fourth-order valence-corrected chi connectivity index (χ4v) is 2.26. The summed E-state index contributed by atoms with van der Waals surface area (Å²) < 4.78 is 40.2. The quantitative estimate of drug-likeness (QED) is 0.790. The zero-order chi connectivity index (χ0) is 17.2. The minimum Gasteiger partial charge on any atom is -0.406 e. The number of carbonyl (C=O) groups is 1. The smallest absolute Gasteiger partial charge is 0.406 e. The van der Waals surface area contributed by atoms with Crippen LogP contribution >= 0.6 is 0 Å². The number of rotatable bonds is 2. The number of aromatic nitrogens is 3. The van der Waals surface area contributed by atoms with Gasteiger partial charge in [-0.2, -0.15) is 5.10 Å². The van der Waals surface area contributed by atoms with E-state index in [0.717, 1.165) is 11.2 Å². The minimum absolute atomic E-state index is 0.324. The lowest BCUT2D eigenvalue weighted by Crippen LogP contribution is -2.38. The largest absolute Gasteiger partial charge is 0.573 e. The molecule has 1 aliphatic heterocycles. The van der Waals surface area contributed by atoms with Crippen molar-refractivity contribution < 1.29 is 22.7 Å². The Morgan fingerprint density at radius 2 is 1.92 bits per heavy atom. The van der Waals surface area contributed by atoms with Crippen molar-refractivity contribution in [2.24, 2.45) is 0 Å². The molecule has 0 radical (unpaired) electrons. The van der Waals surface area contributed by atoms with Crippen molar-refractivity contribution in [3.8, 4) is 17.0 Å². The first-order valence-electron chi connectivity index (χ1n) is 7.15. The van der Waals surface area contributed by atoms with Crippen molar-refractivity contribution in [1.82, 2.24) is 19.9 Å². The molecule has 24 heavy (non-hydrogen) atoms. The van der Waals surface area contributed by atoms with Gasteiger partial charge in [0, 0.05) is 18.7 Å². The third-order valence-electron chi connectivity index (χ3n) is 3.38. The Morgan fingerprint density at radius 3 is 2.54 bits per heavy atom. The molecule has 0 spiro atoms. The van der Waals surface area contributed by atoms with E-state index in [9.17, 15) is 18.0 Å². The molecule has 1 aliphatic rings. The summed E-state index contributed by atoms with van der Waals surface area (Å²) in [6, 6.07) is 4.85. The summed E-state index contributed by atoms with van der Waals surface area (Å²) in [5.41, 5.74) is 0.913. The van der Waals surface area contributed by atoms with E-state index in [1.165, 1.54) is 30.5 Å². The molecule has 2 aromatic rings. The Balaban J connectivity index is 1.73. The van der Waals surface area contributed by atoms with Gasteiger partial charge in [-0.3, -0.25) is 0 Å². The number of benzene rings is 1. The highest BCUT2D eigenvalue weighted by Gasteiger charge is 2.31. The SMILES string of the molecule is O=C(N1CC=CCC1)n1ncc(-c2ccc(OC(F)(F)F)cc2)n1. The van der Waals surface area contributed by atoms with Gasteiger partial charge in [-0.25, -0.2) is 4.79 Å². The molecular formula is C15H13F3N4O2. The van der Waals surface area contributed by atoms with Crippen LogP contribution in [0.1, 0.15) is 6.42 Å². The molecule has 1 aromatic carbocycles. The summed E-state index contributed by atoms with van der Waals surface area (Å²) in [4.78, 5) is 14.8. The molecule has 6 nitrogen and oxygen atoms in total. The molecule has 2 heterocycles. The number of carbonyl (C=O) groups excluding carboxylic acids is 1. The highest BCUT2D eigenvalue weighted by atomic mass is 19.4. The predicted molar refractivity (Wildman–Crippen MR) is 78.3 cm³/mol. The summed E-state index contributed by atoms with van der Waals surface area (Å²) in [6.45, 7) is 1.09. The van der Waals surface area contributed by atoms with Crippen LogP contribution in [0.5, 0.6) is 5.75 Å². The topological polar surface area (TPSA) is 60.2 Å². The van der Waals surface area contributed by atoms with E-state index < -0.39 is 6.36 Å². The normalized spacial score (nSPS) is 14.7. The highest BCUT2D eigenvalue weighted by molar-refractivity contribution is 5.76. The maximum atomic E-state index is 12.2. The van der Waals surface area contributed by atoms with Crippen LogP contribution in [0.15, 0.2) is 42.6 Å². The number of alkyl halides is 3. The van der Waals surface area contributed by atoms with Crippen molar-refractivity contribution in [3.05, 3.63) is 42.6 Å². The first-order valence-corrected chi connectivity index (χ1v) is 7.15. The van der Waals surface area contributed by atoms with E-state index in [1.54, 1.807) is 4.90 Å². The molecule has 0 bridgehead atoms. The molecule has 1 aromatic heterocycles. The molecule has 0 N–H and O–H groups in total. The standard InChI is InChI=1S/C15H13F3N4O2/c16-15(17,18)24-12-6-4-11(5-7-12)13-10-19-22(20-13)14(23)21-8-2-1-3-9-21/h1-2,4-7,10H,3,8-9H2. The van der Waals surface area contributed by atoms with Crippen LogP contribution in [-0.2, 0) is 0 Å². The Labute approximate surface area is 135 Å². The number of nitrogens with zero attached hydrogens (tertiary/aromatic N) is 4. The lowest BCUT2D eigenvalue weighted by Gasteiger charge is -2.21. The first kappa shape index (κ1) is 16.0. The zero-order valence-corrected chi connectivity index (χ0v) is 12.4. The lowest BCUT2D eigenvalue weighted by atomic mass is 10.2. The number of halogens is 3. The van der Waals surface area contributed by atoms with Crippen molar-refractivity contribution >= 4 is 6.03 Å². The van der Waals surface area contributed by atoms with E-state index in [4.69, 9.17) is 0 Å². The van der Waals surface area contributed by atoms with Crippen LogP contribution in [0.25, 0.3) is 11.3 Å². The van der Waals surface area contributed by atoms with Crippen molar-refractivity contribution in [1.29, 1.82) is 0 Å². The fraction of sp³-hybridized carbons (Fsp3) is 0.267. The van der Waals surface area contributed by atoms with Gasteiger partial charge in [0.2, 0.25) is 0 Å². The Kier molecular flexibility index (Phi) is 4.24. The van der Waals surface area contributed by atoms with Gasteiger partial charge in [0.05, 0.1) is 6.20 Å². The molecule has 126 valence electrons. The van der Waals surface area contributed by atoms with Crippen LogP contribution in [-0.4, -0.2) is 45.4 Å². The number of ether oxygens (including phenoxy) is 1. The Hall–Kier alpha value is -2.84. The van der Waals surface area contributed by atoms with E-state index >= 15 is 0 Å². The zero-order valence-electron chi connectivity index (χ0n) is 12.4.